The largest absolute Gasteiger partial charge is 0.345 e. The smallest absolute Gasteiger partial charge is 0.249 e. The standard InChI is InChI=1S/C35H32N4P/c1-29-21-23-31(24-22-29)36-40(32-15-7-3-8-16-32,33-17-9-4-10-18-33)37-34-19-11-12-20-35(34)39-26-25-38(28-39)27-30-13-5-2-6-14-30/h2-26,28,36H,27H2,1H3/q+1. The first kappa shape index (κ1) is 25.6. The molecule has 0 amide bonds. The van der Waals surface area contributed by atoms with Crippen LogP contribution in [0.2, 0.25) is 0 Å². The van der Waals surface area contributed by atoms with E-state index in [1.54, 1.807) is 0 Å². The summed E-state index contributed by atoms with van der Waals surface area (Å²) in [6.07, 6.45) is 6.36. The van der Waals surface area contributed by atoms with E-state index in [1.165, 1.54) is 21.7 Å². The molecule has 5 aromatic carbocycles. The van der Waals surface area contributed by atoms with Crippen molar-refractivity contribution < 1.29 is 4.57 Å². The van der Waals surface area contributed by atoms with Gasteiger partial charge in [0.15, 0.2) is 5.69 Å². The Morgan fingerprint density at radius 3 is 1.90 bits per heavy atom. The Kier molecular flexibility index (Phi) is 7.43. The summed E-state index contributed by atoms with van der Waals surface area (Å²) >= 11 is 0. The van der Waals surface area contributed by atoms with Gasteiger partial charge in [-0.25, -0.2) is 13.9 Å². The zero-order chi connectivity index (χ0) is 27.2. The van der Waals surface area contributed by atoms with Gasteiger partial charge >= 0.3 is 0 Å². The van der Waals surface area contributed by atoms with Crippen LogP contribution in [0.15, 0.2) is 163 Å². The second-order valence-electron chi connectivity index (χ2n) is 9.85. The summed E-state index contributed by atoms with van der Waals surface area (Å²) < 4.78 is 10.1. The maximum atomic E-state index is 5.69. The average Bonchev–Trinajstić information content (AvgIpc) is 3.48. The lowest BCUT2D eigenvalue weighted by Gasteiger charge is -2.28. The number of hydrogen-bond donors (Lipinski definition) is 1. The number of nitrogens with zero attached hydrogens (tertiary/aromatic N) is 3. The third kappa shape index (κ3) is 5.54. The molecule has 5 heteroatoms. The highest BCUT2D eigenvalue weighted by Gasteiger charge is 2.26. The van der Waals surface area contributed by atoms with Crippen LogP contribution in [0.3, 0.4) is 0 Å². The minimum Gasteiger partial charge on any atom is -0.345 e. The maximum absolute atomic E-state index is 5.69. The Morgan fingerprint density at radius 1 is 0.675 bits per heavy atom. The molecule has 6 aromatic rings. The predicted molar refractivity (Wildman–Crippen MR) is 167 cm³/mol. The van der Waals surface area contributed by atoms with Crippen molar-refractivity contribution in [3.8, 4) is 5.69 Å². The lowest BCUT2D eigenvalue weighted by atomic mass is 10.2. The second-order valence-corrected chi connectivity index (χ2v) is 12.6. The van der Waals surface area contributed by atoms with Crippen LogP contribution < -0.4 is 20.3 Å². The van der Waals surface area contributed by atoms with Crippen LogP contribution in [0, 0.1) is 6.92 Å². The Hall–Kier alpha value is -4.66. The quantitative estimate of drug-likeness (QED) is 0.157. The molecule has 0 radical (unpaired) electrons. The summed E-state index contributed by atoms with van der Waals surface area (Å²) in [7, 11) is -2.50. The lowest BCUT2D eigenvalue weighted by Crippen LogP contribution is -2.31. The van der Waals surface area contributed by atoms with Crippen LogP contribution in [0.5, 0.6) is 0 Å². The van der Waals surface area contributed by atoms with Crippen LogP contribution in [0.1, 0.15) is 11.1 Å². The minimum absolute atomic E-state index is 0.813. The van der Waals surface area contributed by atoms with E-state index in [0.29, 0.717) is 0 Å². The summed E-state index contributed by atoms with van der Waals surface area (Å²) in [5.74, 6) is 0. The van der Waals surface area contributed by atoms with Crippen molar-refractivity contribution in [1.29, 1.82) is 0 Å². The van der Waals surface area contributed by atoms with E-state index in [-0.39, 0.29) is 0 Å². The number of aryl methyl sites for hydroxylation is 1. The number of nitrogens with one attached hydrogen (secondary N) is 1. The Labute approximate surface area is 236 Å². The first-order chi connectivity index (χ1) is 19.7. The molecule has 196 valence electrons. The van der Waals surface area contributed by atoms with Gasteiger partial charge in [-0.15, -0.1) is 0 Å². The summed E-state index contributed by atoms with van der Waals surface area (Å²) in [5, 5.41) is 6.29. The molecule has 1 N–H and O–H groups in total. The molecule has 0 saturated heterocycles. The number of para-hydroxylation sites is 1. The van der Waals surface area contributed by atoms with Crippen molar-refractivity contribution in [3.63, 3.8) is 0 Å². The van der Waals surface area contributed by atoms with Gasteiger partial charge in [0.25, 0.3) is 0 Å². The van der Waals surface area contributed by atoms with Crippen LogP contribution >= 0.6 is 7.21 Å². The fraction of sp³-hybridized carbons (Fsp3) is 0.0571. The molecule has 0 aliphatic rings. The number of benzene rings is 5. The van der Waals surface area contributed by atoms with Gasteiger partial charge in [0, 0.05) is 16.3 Å². The molecular weight excluding hydrogens is 507 g/mol. The minimum atomic E-state index is -2.50. The second kappa shape index (κ2) is 11.6. The number of aromatic nitrogens is 2. The molecule has 0 bridgehead atoms. The van der Waals surface area contributed by atoms with E-state index in [1.807, 2.05) is 0 Å². The molecular formula is C35H32N4P+. The van der Waals surface area contributed by atoms with Crippen molar-refractivity contribution in [2.45, 2.75) is 13.5 Å². The summed E-state index contributed by atoms with van der Waals surface area (Å²) in [6, 6.07) is 48.8. The maximum Gasteiger partial charge on any atom is 0.249 e. The molecule has 0 saturated carbocycles. The number of hydrogen-bond acceptors (Lipinski definition) is 1. The van der Waals surface area contributed by atoms with E-state index in [0.717, 1.165) is 23.6 Å². The van der Waals surface area contributed by atoms with Gasteiger partial charge in [-0.2, -0.15) is 0 Å². The van der Waals surface area contributed by atoms with Gasteiger partial charge in [-0.1, -0.05) is 121 Å². The van der Waals surface area contributed by atoms with Gasteiger partial charge in [-0.3, -0.25) is 0 Å². The van der Waals surface area contributed by atoms with Crippen molar-refractivity contribution in [1.82, 2.24) is 4.57 Å². The molecule has 0 fully saturated rings. The van der Waals surface area contributed by atoms with E-state index < -0.39 is 7.21 Å². The zero-order valence-corrected chi connectivity index (χ0v) is 23.4. The van der Waals surface area contributed by atoms with Gasteiger partial charge in [-0.05, 0) is 36.8 Å². The van der Waals surface area contributed by atoms with Crippen LogP contribution in [-0.2, 0) is 6.54 Å². The first-order valence-electron chi connectivity index (χ1n) is 13.5. The van der Waals surface area contributed by atoms with Gasteiger partial charge in [0.2, 0.25) is 6.33 Å². The fourth-order valence-corrected chi connectivity index (χ4v) is 7.93. The third-order valence-electron chi connectivity index (χ3n) is 6.92. The number of rotatable bonds is 8. The lowest BCUT2D eigenvalue weighted by molar-refractivity contribution is -0.687. The molecule has 6 rings (SSSR count). The third-order valence-corrected chi connectivity index (χ3v) is 10.1. The van der Waals surface area contributed by atoms with E-state index in [4.69, 9.17) is 4.74 Å². The molecule has 0 atom stereocenters. The Bertz CT molecular complexity index is 1700. The van der Waals surface area contributed by atoms with Crippen molar-refractivity contribution in [3.05, 3.63) is 169 Å². The molecule has 1 aromatic heterocycles. The molecule has 0 aliphatic carbocycles. The average molecular weight is 540 g/mol. The predicted octanol–water partition coefficient (Wildman–Crippen LogP) is 7.63. The molecule has 0 unspecified atom stereocenters. The summed E-state index contributed by atoms with van der Waals surface area (Å²) in [5.41, 5.74) is 5.52. The Balaban J connectivity index is 1.52. The zero-order valence-electron chi connectivity index (χ0n) is 22.5. The van der Waals surface area contributed by atoms with E-state index >= 15 is 0 Å². The number of imidazole rings is 1. The van der Waals surface area contributed by atoms with E-state index in [2.05, 4.69) is 179 Å². The monoisotopic (exact) mass is 539 g/mol. The van der Waals surface area contributed by atoms with Gasteiger partial charge in [0.05, 0.1) is 0 Å². The van der Waals surface area contributed by atoms with Crippen LogP contribution in [0.4, 0.5) is 11.4 Å². The van der Waals surface area contributed by atoms with Crippen LogP contribution in [0.25, 0.3) is 5.69 Å². The fourth-order valence-electron chi connectivity index (χ4n) is 4.87. The highest BCUT2D eigenvalue weighted by atomic mass is 31.2. The van der Waals surface area contributed by atoms with Gasteiger partial charge in [0.1, 0.15) is 31.8 Å². The van der Waals surface area contributed by atoms with Crippen LogP contribution in [-0.4, -0.2) is 4.57 Å². The summed E-state index contributed by atoms with van der Waals surface area (Å²) in [6.45, 7) is 2.93. The van der Waals surface area contributed by atoms with Crippen molar-refractivity contribution in [2.75, 3.05) is 5.09 Å². The molecule has 0 spiro atoms. The van der Waals surface area contributed by atoms with Crippen molar-refractivity contribution in [2.24, 2.45) is 4.74 Å². The molecule has 1 heterocycles. The highest BCUT2D eigenvalue weighted by Crippen LogP contribution is 2.50. The molecule has 0 aliphatic heterocycles. The summed E-state index contributed by atoms with van der Waals surface area (Å²) in [4.78, 5) is 0. The SMILES string of the molecule is Cc1ccc(NP(=Nc2ccccc2-n2cc[n+](Cc3ccccc3)c2)(c2ccccc2)c2ccccc2)cc1. The molecule has 40 heavy (non-hydrogen) atoms. The molecule has 4 nitrogen and oxygen atoms in total. The highest BCUT2D eigenvalue weighted by molar-refractivity contribution is 7.82. The van der Waals surface area contributed by atoms with Gasteiger partial charge < -0.3 is 5.09 Å². The van der Waals surface area contributed by atoms with Crippen molar-refractivity contribution >= 4 is 29.2 Å². The normalized spacial score (nSPS) is 11.2. The first-order valence-corrected chi connectivity index (χ1v) is 15.2. The Morgan fingerprint density at radius 2 is 1.25 bits per heavy atom. The topological polar surface area (TPSA) is 33.2 Å². The van der Waals surface area contributed by atoms with E-state index in [9.17, 15) is 0 Å². The number of anilines is 1.